The van der Waals surface area contributed by atoms with Crippen LogP contribution in [0.25, 0.3) is 0 Å². The van der Waals surface area contributed by atoms with Crippen LogP contribution in [-0.2, 0) is 31.8 Å². The minimum Gasteiger partial charge on any atom is -0.381 e. The fourth-order valence-corrected chi connectivity index (χ4v) is 8.51. The lowest BCUT2D eigenvalue weighted by molar-refractivity contribution is -0.124. The number of nitrogens with one attached hydrogen (secondary N) is 2. The van der Waals surface area contributed by atoms with E-state index in [-0.39, 0.29) is 17.2 Å². The number of hydrogen-bond acceptors (Lipinski definition) is 5. The van der Waals surface area contributed by atoms with Crippen LogP contribution in [0.4, 0.5) is 11.4 Å². The molecular weight excluding hydrogens is 570 g/mol. The molecule has 2 aliphatic heterocycles. The van der Waals surface area contributed by atoms with Crippen LogP contribution in [0.2, 0.25) is 5.02 Å². The Morgan fingerprint density at radius 2 is 1.93 bits per heavy atom. The Morgan fingerprint density at radius 3 is 2.60 bits per heavy atom. The highest BCUT2D eigenvalue weighted by atomic mass is 35.5. The van der Waals surface area contributed by atoms with Crippen LogP contribution in [0.5, 0.6) is 0 Å². The van der Waals surface area contributed by atoms with E-state index in [0.29, 0.717) is 58.4 Å². The molecule has 6 rings (SSSR count). The first-order valence-corrected chi connectivity index (χ1v) is 15.6. The number of amides is 3. The molecule has 3 amide bonds. The van der Waals surface area contributed by atoms with Crippen molar-refractivity contribution in [3.8, 4) is 0 Å². The van der Waals surface area contributed by atoms with Crippen LogP contribution in [-0.4, -0.2) is 57.2 Å². The van der Waals surface area contributed by atoms with E-state index in [0.717, 1.165) is 24.0 Å². The predicted molar refractivity (Wildman–Crippen MR) is 165 cm³/mol. The van der Waals surface area contributed by atoms with Crippen LogP contribution >= 0.6 is 11.6 Å². The maximum Gasteiger partial charge on any atom is 0.294 e. The Morgan fingerprint density at radius 1 is 1.19 bits per heavy atom. The van der Waals surface area contributed by atoms with E-state index >= 15 is 0 Å². The first-order chi connectivity index (χ1) is 20.1. The Hall–Kier alpha value is -3.60. The number of aryl methyl sites for hydroxylation is 1. The van der Waals surface area contributed by atoms with Crippen molar-refractivity contribution in [2.75, 3.05) is 23.8 Å². The van der Waals surface area contributed by atoms with Crippen molar-refractivity contribution in [2.24, 2.45) is 23.4 Å². The number of nitrogens with zero attached hydrogens (tertiary/aromatic N) is 3. The summed E-state index contributed by atoms with van der Waals surface area (Å²) in [5, 5.41) is 10.1. The summed E-state index contributed by atoms with van der Waals surface area (Å²) in [6.07, 6.45) is 6.16. The van der Waals surface area contributed by atoms with Crippen LogP contribution < -0.4 is 10.6 Å². The number of fused-ring (bicyclic) bond motifs is 2. The molecule has 11 heteroatoms. The number of aromatic nitrogens is 2. The number of carbonyl (C=O) groups excluding carboxylic acids is 3. The van der Waals surface area contributed by atoms with Crippen molar-refractivity contribution >= 4 is 57.2 Å². The molecule has 3 aliphatic rings. The Balaban J connectivity index is 1.37. The summed E-state index contributed by atoms with van der Waals surface area (Å²) in [5.41, 5.74) is 2.64. The van der Waals surface area contributed by atoms with E-state index in [1.807, 2.05) is 42.5 Å². The maximum absolute atomic E-state index is 14.3. The molecule has 2 N–H and O–H groups in total. The second kappa shape index (κ2) is 10.6. The average Bonchev–Trinajstić information content (AvgIpc) is 3.50. The highest BCUT2D eigenvalue weighted by molar-refractivity contribution is 6.33. The Kier molecular flexibility index (Phi) is 7.19. The quantitative estimate of drug-likeness (QED) is 0.316. The van der Waals surface area contributed by atoms with Gasteiger partial charge in [0.25, 0.3) is 5.91 Å². The molecule has 1 aromatic heterocycles. The summed E-state index contributed by atoms with van der Waals surface area (Å²) in [7, 11) is 2.26. The summed E-state index contributed by atoms with van der Waals surface area (Å²) in [6, 6.07) is 14.8. The zero-order chi connectivity index (χ0) is 29.7. The van der Waals surface area contributed by atoms with Gasteiger partial charge in [-0.3, -0.25) is 19.1 Å². The van der Waals surface area contributed by atoms with Gasteiger partial charge in [0.1, 0.15) is 5.69 Å². The van der Waals surface area contributed by atoms with Crippen LogP contribution in [0.15, 0.2) is 59.7 Å². The minimum absolute atomic E-state index is 0.0260. The fourth-order valence-electron chi connectivity index (χ4n) is 6.67. The van der Waals surface area contributed by atoms with Crippen molar-refractivity contribution in [1.82, 2.24) is 9.78 Å². The van der Waals surface area contributed by atoms with Crippen molar-refractivity contribution in [3.63, 3.8) is 0 Å². The van der Waals surface area contributed by atoms with Gasteiger partial charge in [-0.1, -0.05) is 42.8 Å². The lowest BCUT2D eigenvalue weighted by Crippen LogP contribution is -2.49. The topological polar surface area (TPSA) is 115 Å². The van der Waals surface area contributed by atoms with Gasteiger partial charge in [-0.05, 0) is 66.5 Å². The molecule has 42 heavy (non-hydrogen) atoms. The highest BCUT2D eigenvalue weighted by Crippen LogP contribution is 2.61. The maximum atomic E-state index is 14.3. The molecule has 1 spiro atoms. The average molecular weight is 604 g/mol. The number of benzene rings is 2. The van der Waals surface area contributed by atoms with Gasteiger partial charge >= 0.3 is 0 Å². The first kappa shape index (κ1) is 28.5. The molecule has 3 heterocycles. The van der Waals surface area contributed by atoms with Crippen LogP contribution in [0.3, 0.4) is 0 Å². The van der Waals surface area contributed by atoms with E-state index in [2.05, 4.69) is 27.6 Å². The smallest absolute Gasteiger partial charge is 0.294 e. The van der Waals surface area contributed by atoms with E-state index in [1.165, 1.54) is 17.1 Å². The molecule has 0 bridgehead atoms. The lowest BCUT2D eigenvalue weighted by Gasteiger charge is -2.42. The third kappa shape index (κ3) is 4.62. The normalized spacial score (nSPS) is 20.6. The molecule has 9 nitrogen and oxygen atoms in total. The van der Waals surface area contributed by atoms with Crippen LogP contribution in [0, 0.1) is 11.3 Å². The zero-order valence-corrected chi connectivity index (χ0v) is 26.7. The van der Waals surface area contributed by atoms with Gasteiger partial charge in [0.05, 0.1) is 11.3 Å². The van der Waals surface area contributed by atoms with Gasteiger partial charge in [0.2, 0.25) is 11.8 Å². The van der Waals surface area contributed by atoms with E-state index in [4.69, 9.17) is 16.3 Å². The van der Waals surface area contributed by atoms with E-state index < -0.39 is 22.3 Å². The largest absolute Gasteiger partial charge is 0.381 e. The van der Waals surface area contributed by atoms with Gasteiger partial charge in [-0.2, -0.15) is 5.10 Å². The molecule has 2 atom stereocenters. The van der Waals surface area contributed by atoms with Gasteiger partial charge in [-0.15, -0.1) is 0 Å². The molecule has 2 aromatic carbocycles. The Labute approximate surface area is 252 Å². The molecule has 218 valence electrons. The van der Waals surface area contributed by atoms with E-state index in [9.17, 15) is 14.4 Å². The molecule has 2 fully saturated rings. The molecular formula is C31H34ClN5O4Si. The third-order valence-electron chi connectivity index (χ3n) is 9.80. The number of rotatable bonds is 7. The number of halogens is 1. The summed E-state index contributed by atoms with van der Waals surface area (Å²) < 4.78 is 6.98. The summed E-state index contributed by atoms with van der Waals surface area (Å²) >= 11 is 6.78. The number of carbonyl (C=O) groups is 3. The highest BCUT2D eigenvalue weighted by Gasteiger charge is 2.59. The number of ether oxygens (including phenoxy) is 1. The second-order valence-corrected chi connectivity index (χ2v) is 14.0. The molecule has 1 aliphatic carbocycles. The van der Waals surface area contributed by atoms with Crippen molar-refractivity contribution in [2.45, 2.75) is 43.1 Å². The van der Waals surface area contributed by atoms with Gasteiger partial charge < -0.3 is 15.4 Å². The molecule has 1 saturated heterocycles. The lowest BCUT2D eigenvalue weighted by atomic mass is 9.73. The SMILES string of the molecule is Cn1nccc1C(=O)/N=C/C(C(=O)Nc1ccc2c(c1)NC(=O)C21CCOCC1)C([SiH3])(c1ccccc1Cl)C1(C)CC1. The molecule has 1 saturated carbocycles. The predicted octanol–water partition coefficient (Wildman–Crippen LogP) is 3.60. The van der Waals surface area contributed by atoms with Gasteiger partial charge in [0.15, 0.2) is 0 Å². The second-order valence-electron chi connectivity index (χ2n) is 12.0. The van der Waals surface area contributed by atoms with Crippen molar-refractivity contribution in [1.29, 1.82) is 0 Å². The molecule has 2 unspecified atom stereocenters. The standard InChI is InChI=1S/C31H34ClN5O4Si/c1-29(10-11-29)31(42,20-5-3-4-6-23(20)32)22(18-33-27(39)25-9-14-34-37(25)2)26(38)35-19-7-8-21-24(17-19)36-28(40)30(21)12-15-41-16-13-30/h3-9,14,17-18,22H,10-13,15-16H2,1-2,42H3,(H,35,38)(H,36,40)/b33-18+. The van der Waals surface area contributed by atoms with Crippen molar-refractivity contribution in [3.05, 3.63) is 76.6 Å². The zero-order valence-electron chi connectivity index (χ0n) is 23.9. The fraction of sp³-hybridized carbons (Fsp3) is 0.387. The molecule has 3 aromatic rings. The third-order valence-corrected chi connectivity index (χ3v) is 12.5. The first-order valence-electron chi connectivity index (χ1n) is 14.3. The number of aliphatic imine (C=N–C) groups is 1. The van der Waals surface area contributed by atoms with Gasteiger partial charge in [0, 0.05) is 64.4 Å². The minimum atomic E-state index is -0.779. The monoisotopic (exact) mass is 603 g/mol. The van der Waals surface area contributed by atoms with Crippen molar-refractivity contribution < 1.29 is 19.1 Å². The van der Waals surface area contributed by atoms with E-state index in [1.54, 1.807) is 13.1 Å². The summed E-state index contributed by atoms with van der Waals surface area (Å²) in [6.45, 7) is 3.25. The van der Waals surface area contributed by atoms with Crippen LogP contribution in [0.1, 0.15) is 54.2 Å². The molecule has 0 radical (unpaired) electrons. The summed E-state index contributed by atoms with van der Waals surface area (Å²) in [5.74, 6) is -1.57. The number of hydrogen-bond donors (Lipinski definition) is 2. The number of anilines is 2. The summed E-state index contributed by atoms with van der Waals surface area (Å²) in [4.78, 5) is 44.7. The van der Waals surface area contributed by atoms with Gasteiger partial charge in [-0.25, -0.2) is 4.99 Å². The Bertz CT molecular complexity index is 1610.